The van der Waals surface area contributed by atoms with Gasteiger partial charge in [0, 0.05) is 27.7 Å². The third-order valence-electron chi connectivity index (χ3n) is 6.62. The van der Waals surface area contributed by atoms with Gasteiger partial charge in [-0.2, -0.15) is 0 Å². The summed E-state index contributed by atoms with van der Waals surface area (Å²) in [7, 11) is 0. The molecule has 0 spiro atoms. The highest BCUT2D eigenvalue weighted by molar-refractivity contribution is 5.68. The number of carbonyl (C=O) groups is 4. The highest BCUT2D eigenvalue weighted by atomic mass is 16.9. The van der Waals surface area contributed by atoms with Crippen LogP contribution in [0.3, 0.4) is 0 Å². The van der Waals surface area contributed by atoms with E-state index in [4.69, 9.17) is 52.1 Å². The Hall–Kier alpha value is -2.40. The van der Waals surface area contributed by atoms with E-state index in [1.165, 1.54) is 6.92 Å². The number of rotatable bonds is 9. The van der Waals surface area contributed by atoms with E-state index >= 15 is 0 Å². The van der Waals surface area contributed by atoms with Gasteiger partial charge in [-0.1, -0.05) is 0 Å². The van der Waals surface area contributed by atoms with Crippen LogP contribution in [0.25, 0.3) is 0 Å². The van der Waals surface area contributed by atoms with Gasteiger partial charge < -0.3 is 52.1 Å². The van der Waals surface area contributed by atoms with Crippen LogP contribution in [0.15, 0.2) is 0 Å². The molecule has 232 valence electrons. The number of hydrogen-bond donors (Lipinski definition) is 0. The maximum absolute atomic E-state index is 12.0. The van der Waals surface area contributed by atoms with Crippen molar-refractivity contribution in [3.05, 3.63) is 0 Å². The smallest absolute Gasteiger partial charge is 0.303 e. The number of hydrogen-bond acceptors (Lipinski definition) is 15. The average molecular weight is 591 g/mol. The predicted molar refractivity (Wildman–Crippen MR) is 130 cm³/mol. The number of carbonyl (C=O) groups excluding carboxylic acids is 4. The summed E-state index contributed by atoms with van der Waals surface area (Å²) in [6, 6.07) is 0. The van der Waals surface area contributed by atoms with Gasteiger partial charge in [0.2, 0.25) is 0 Å². The lowest BCUT2D eigenvalue weighted by atomic mass is 9.99. The monoisotopic (exact) mass is 590 g/mol. The Labute approximate surface area is 237 Å². The van der Waals surface area contributed by atoms with E-state index in [1.807, 2.05) is 0 Å². The lowest BCUT2D eigenvalue weighted by Crippen LogP contribution is -2.56. The van der Waals surface area contributed by atoms with Gasteiger partial charge in [-0.15, -0.1) is 0 Å². The minimum absolute atomic E-state index is 0.155. The minimum atomic E-state index is -1.31. The first-order chi connectivity index (χ1) is 19.0. The van der Waals surface area contributed by atoms with Gasteiger partial charge in [-0.25, -0.2) is 0 Å². The van der Waals surface area contributed by atoms with Gasteiger partial charge in [0.05, 0.1) is 6.61 Å². The topological polar surface area (TPSA) is 170 Å². The third-order valence-corrected chi connectivity index (χ3v) is 6.62. The molecule has 4 saturated heterocycles. The van der Waals surface area contributed by atoms with Crippen LogP contribution in [-0.4, -0.2) is 110 Å². The van der Waals surface area contributed by atoms with Gasteiger partial charge in [-0.05, 0) is 27.7 Å². The summed E-state index contributed by atoms with van der Waals surface area (Å²) in [5.41, 5.74) is 0. The van der Waals surface area contributed by atoms with E-state index in [-0.39, 0.29) is 6.61 Å². The second-order valence-corrected chi connectivity index (χ2v) is 11.1. The molecule has 0 aromatic carbocycles. The standard InChI is InChI=1S/C26H38O15/c1-11(27)31-9-15(33-12(2)28)17-19(34-13(3)29)21(35-14(4)30)23(37-17)32-10-16-18-20(39-25(5,6)38-18)22-24(36-16)41-26(7,8)40-22/h15-24H,9-10H2,1-8H3/t15-,16-,17+,18-,19+,20-,21-,22+,23-,24+/m1/s1. The summed E-state index contributed by atoms with van der Waals surface area (Å²) in [6.07, 6.45) is -9.51. The van der Waals surface area contributed by atoms with Crippen LogP contribution in [0.4, 0.5) is 0 Å². The average Bonchev–Trinajstić information content (AvgIpc) is 3.43. The fraction of sp³-hybridized carbons (Fsp3) is 0.846. The van der Waals surface area contributed by atoms with Crippen LogP contribution >= 0.6 is 0 Å². The van der Waals surface area contributed by atoms with E-state index in [2.05, 4.69) is 0 Å². The van der Waals surface area contributed by atoms with Gasteiger partial charge in [0.15, 0.2) is 42.5 Å². The van der Waals surface area contributed by atoms with Crippen LogP contribution in [0.2, 0.25) is 0 Å². The van der Waals surface area contributed by atoms with Gasteiger partial charge in [-0.3, -0.25) is 19.2 Å². The van der Waals surface area contributed by atoms with Crippen LogP contribution in [-0.2, 0) is 71.3 Å². The molecule has 0 unspecified atom stereocenters. The molecule has 4 heterocycles. The van der Waals surface area contributed by atoms with Crippen molar-refractivity contribution in [1.29, 1.82) is 0 Å². The molecule has 0 bridgehead atoms. The van der Waals surface area contributed by atoms with Gasteiger partial charge in [0.1, 0.15) is 37.1 Å². The van der Waals surface area contributed by atoms with E-state index < -0.39 is 103 Å². The summed E-state index contributed by atoms with van der Waals surface area (Å²) >= 11 is 0. The first-order valence-electron chi connectivity index (χ1n) is 13.3. The molecule has 0 aromatic rings. The molecule has 4 rings (SSSR count). The quantitative estimate of drug-likeness (QED) is 0.268. The summed E-state index contributed by atoms with van der Waals surface area (Å²) < 4.78 is 63.6. The normalized spacial score (nSPS) is 37.4. The van der Waals surface area contributed by atoms with Gasteiger partial charge >= 0.3 is 23.9 Å². The van der Waals surface area contributed by atoms with Crippen LogP contribution in [0.1, 0.15) is 55.4 Å². The molecule has 0 aromatic heterocycles. The summed E-state index contributed by atoms with van der Waals surface area (Å²) in [5.74, 6) is -4.64. The predicted octanol–water partition coefficient (Wildman–Crippen LogP) is 0.483. The van der Waals surface area contributed by atoms with Crippen molar-refractivity contribution < 1.29 is 71.3 Å². The van der Waals surface area contributed by atoms with E-state index in [0.717, 1.165) is 20.8 Å². The Morgan fingerprint density at radius 3 is 1.90 bits per heavy atom. The molecule has 41 heavy (non-hydrogen) atoms. The Balaban J connectivity index is 1.56. The molecule has 10 atom stereocenters. The Bertz CT molecular complexity index is 1010. The van der Waals surface area contributed by atoms with E-state index in [1.54, 1.807) is 27.7 Å². The second-order valence-electron chi connectivity index (χ2n) is 11.1. The SMILES string of the molecule is CC(=O)OC[C@@H](OC(C)=O)[C@@H]1O[C@@H](OC[C@H]2O[C@H]3OC(C)(C)O[C@H]3[C@@H]3OC(C)(C)O[C@@H]32)[C@H](OC(C)=O)[C@H]1OC(C)=O. The number of ether oxygens (including phenoxy) is 11. The zero-order valence-corrected chi connectivity index (χ0v) is 24.3. The largest absolute Gasteiger partial charge is 0.462 e. The fourth-order valence-corrected chi connectivity index (χ4v) is 5.35. The molecule has 0 amide bonds. The maximum Gasteiger partial charge on any atom is 0.303 e. The van der Waals surface area contributed by atoms with E-state index in [9.17, 15) is 19.2 Å². The molecule has 4 aliphatic heterocycles. The van der Waals surface area contributed by atoms with Crippen molar-refractivity contribution in [2.45, 2.75) is 128 Å². The first-order valence-corrected chi connectivity index (χ1v) is 13.3. The van der Waals surface area contributed by atoms with Crippen molar-refractivity contribution in [2.24, 2.45) is 0 Å². The number of fused-ring (bicyclic) bond motifs is 3. The maximum atomic E-state index is 12.0. The first kappa shape index (κ1) is 31.5. The van der Waals surface area contributed by atoms with Crippen molar-refractivity contribution in [1.82, 2.24) is 0 Å². The Kier molecular flexibility index (Phi) is 9.28. The molecule has 4 aliphatic rings. The number of esters is 4. The van der Waals surface area contributed by atoms with E-state index in [0.29, 0.717) is 0 Å². The van der Waals surface area contributed by atoms with Crippen molar-refractivity contribution >= 4 is 23.9 Å². The molecular formula is C26H38O15. The lowest BCUT2D eigenvalue weighted by molar-refractivity contribution is -0.262. The summed E-state index contributed by atoms with van der Waals surface area (Å²) in [4.78, 5) is 47.4. The second kappa shape index (κ2) is 12.1. The van der Waals surface area contributed by atoms with Crippen LogP contribution in [0, 0.1) is 0 Å². The molecule has 0 radical (unpaired) electrons. The van der Waals surface area contributed by atoms with Crippen molar-refractivity contribution in [3.8, 4) is 0 Å². The fourth-order valence-electron chi connectivity index (χ4n) is 5.35. The third kappa shape index (κ3) is 7.52. The van der Waals surface area contributed by atoms with Crippen LogP contribution < -0.4 is 0 Å². The zero-order chi connectivity index (χ0) is 30.3. The molecule has 4 fully saturated rings. The molecule has 15 nitrogen and oxygen atoms in total. The van der Waals surface area contributed by atoms with Crippen LogP contribution in [0.5, 0.6) is 0 Å². The highest BCUT2D eigenvalue weighted by Crippen LogP contribution is 2.44. The minimum Gasteiger partial charge on any atom is -0.462 e. The molecule has 15 heteroatoms. The lowest BCUT2D eigenvalue weighted by Gasteiger charge is -2.37. The highest BCUT2D eigenvalue weighted by Gasteiger charge is 2.61. The van der Waals surface area contributed by atoms with Crippen molar-refractivity contribution in [2.75, 3.05) is 13.2 Å². The summed E-state index contributed by atoms with van der Waals surface area (Å²) in [5, 5.41) is 0. The Morgan fingerprint density at radius 1 is 0.707 bits per heavy atom. The van der Waals surface area contributed by atoms with Crippen molar-refractivity contribution in [3.63, 3.8) is 0 Å². The zero-order valence-electron chi connectivity index (χ0n) is 24.3. The molecule has 0 aliphatic carbocycles. The molecular weight excluding hydrogens is 552 g/mol. The summed E-state index contributed by atoms with van der Waals surface area (Å²) in [6.45, 7) is 11.1. The Morgan fingerprint density at radius 2 is 1.29 bits per heavy atom. The molecule has 0 N–H and O–H groups in total. The molecule has 0 saturated carbocycles. The van der Waals surface area contributed by atoms with Gasteiger partial charge in [0.25, 0.3) is 0 Å².